The van der Waals surface area contributed by atoms with Crippen LogP contribution in [0.25, 0.3) is 33.5 Å². The van der Waals surface area contributed by atoms with Crippen molar-refractivity contribution in [1.29, 1.82) is 0 Å². The summed E-state index contributed by atoms with van der Waals surface area (Å²) in [4.78, 5) is 15.2. The maximum atomic E-state index is 7.27. The van der Waals surface area contributed by atoms with E-state index in [-0.39, 0.29) is 25.5 Å². The van der Waals surface area contributed by atoms with Crippen molar-refractivity contribution in [2.24, 2.45) is 4.99 Å². The fraction of sp³-hybridized carbons (Fsp3) is 0.0323. The van der Waals surface area contributed by atoms with Crippen molar-refractivity contribution in [2.45, 2.75) is 12.1 Å². The first-order valence-corrected chi connectivity index (χ1v) is 27.3. The predicted molar refractivity (Wildman–Crippen MR) is 300 cm³/mol. The summed E-state index contributed by atoms with van der Waals surface area (Å²) in [6.07, 6.45) is 8.74. The van der Waals surface area contributed by atoms with Gasteiger partial charge in [0.05, 0.1) is 56.9 Å². The van der Waals surface area contributed by atoms with E-state index in [2.05, 4.69) is 237 Å². The first-order chi connectivity index (χ1) is 36.2. The number of nitrogens with zero attached hydrogens (tertiary/aromatic N) is 6. The molecule has 0 N–H and O–H groups in total. The summed E-state index contributed by atoms with van der Waals surface area (Å²) >= 11 is 0. The number of hydrogen-bond acceptors (Lipinski definition) is 6. The Kier molecular flexibility index (Phi) is 7.24. The number of allylic oxidation sites excluding steroid dienone is 2. The Labute approximate surface area is 421 Å². The normalized spacial score (nSPS) is 19.4. The van der Waals surface area contributed by atoms with Crippen LogP contribution in [-0.4, -0.2) is 53.5 Å². The van der Waals surface area contributed by atoms with E-state index >= 15 is 0 Å². The van der Waals surface area contributed by atoms with E-state index < -0.39 is 8.07 Å². The summed E-state index contributed by atoms with van der Waals surface area (Å²) in [6, 6.07) is 71.9. The molecular formula is C62H38B2N6O2Si. The van der Waals surface area contributed by atoms with E-state index in [1.165, 1.54) is 59.2 Å². The van der Waals surface area contributed by atoms with Crippen LogP contribution in [0.15, 0.2) is 223 Å². The van der Waals surface area contributed by atoms with Gasteiger partial charge < -0.3 is 14.4 Å². The second-order valence-corrected chi connectivity index (χ2v) is 24.0. The molecule has 1 spiro atoms. The molecular weight excluding hydrogens is 910 g/mol. The van der Waals surface area contributed by atoms with Crippen molar-refractivity contribution in [3.63, 3.8) is 0 Å². The molecule has 8 nitrogen and oxygen atoms in total. The zero-order valence-electron chi connectivity index (χ0n) is 39.1. The minimum absolute atomic E-state index is 0.0219. The number of imidazole rings is 2. The van der Waals surface area contributed by atoms with Gasteiger partial charge >= 0.3 is 0 Å². The zero-order chi connectivity index (χ0) is 47.3. The molecule has 8 heterocycles. The highest BCUT2D eigenvalue weighted by Gasteiger charge is 2.58. The Morgan fingerprint density at radius 3 is 1.77 bits per heavy atom. The molecule has 6 aliphatic heterocycles. The van der Waals surface area contributed by atoms with Crippen LogP contribution in [-0.2, 0) is 0 Å². The Bertz CT molecular complexity index is 4440. The maximum Gasteiger partial charge on any atom is 0.250 e. The van der Waals surface area contributed by atoms with E-state index in [0.29, 0.717) is 0 Å². The molecule has 0 saturated carbocycles. The number of aromatic nitrogens is 3. The number of para-hydroxylation sites is 6. The third-order valence-electron chi connectivity index (χ3n) is 17.0. The first kappa shape index (κ1) is 38.7. The van der Waals surface area contributed by atoms with Crippen LogP contribution in [0.4, 0.5) is 17.1 Å². The maximum absolute atomic E-state index is 7.27. The van der Waals surface area contributed by atoms with Crippen LogP contribution in [0.5, 0.6) is 23.0 Å². The van der Waals surface area contributed by atoms with E-state index in [1.807, 2.05) is 0 Å². The van der Waals surface area contributed by atoms with Gasteiger partial charge in [0.1, 0.15) is 23.0 Å². The Morgan fingerprint density at radius 2 is 1.04 bits per heavy atom. The number of anilines is 3. The molecule has 3 atom stereocenters. The standard InChI is InChI=1S/C62H38B2N6O2Si/c1-11-27-55-41(15-1)63-39-33-31-37(67-47-21-7-9-23-49(47)69-45-19-5-3-17-43(45)65-61(67)69)35-53(39)71-51-25-13-29-57(59(51)63)73(55)56-28-12-2-16-42(56)64-40-34-32-38(36-54(40)72-52-26-14-30-58(73)60(52)64)68-48-22-8-10-24-50(48)70-46-20-6-4-18-44(46)66-62(68)70/h1-36,43,45H. The van der Waals surface area contributed by atoms with Gasteiger partial charge in [-0.05, 0) is 103 Å². The van der Waals surface area contributed by atoms with Gasteiger partial charge in [0, 0.05) is 12.1 Å². The molecule has 9 aromatic carbocycles. The quantitative estimate of drug-likeness (QED) is 0.203. The van der Waals surface area contributed by atoms with Crippen LogP contribution in [0.2, 0.25) is 0 Å². The Balaban J connectivity index is 0.805. The molecule has 0 fully saturated rings. The monoisotopic (exact) mass is 948 g/mol. The molecule has 0 saturated heterocycles. The van der Waals surface area contributed by atoms with Crippen LogP contribution in [0, 0.1) is 0 Å². The number of rotatable bonds is 2. The molecule has 338 valence electrons. The topological polar surface area (TPSA) is 59.5 Å². The molecule has 2 aromatic heterocycles. The summed E-state index contributed by atoms with van der Waals surface area (Å²) in [5.41, 5.74) is 16.2. The van der Waals surface area contributed by atoms with Crippen LogP contribution in [0.3, 0.4) is 0 Å². The molecule has 1 aliphatic carbocycles. The summed E-state index contributed by atoms with van der Waals surface area (Å²) in [7, 11) is -3.06. The number of hydrogen-bond donors (Lipinski definition) is 0. The third kappa shape index (κ3) is 4.70. The fourth-order valence-electron chi connectivity index (χ4n) is 14.3. The van der Waals surface area contributed by atoms with Gasteiger partial charge in [-0.1, -0.05) is 157 Å². The second-order valence-electron chi connectivity index (χ2n) is 20.3. The summed E-state index contributed by atoms with van der Waals surface area (Å²) < 4.78 is 19.1. The van der Waals surface area contributed by atoms with Gasteiger partial charge in [-0.25, -0.2) is 9.98 Å². The van der Waals surface area contributed by atoms with Gasteiger partial charge in [0.2, 0.25) is 11.7 Å². The van der Waals surface area contributed by atoms with Crippen LogP contribution in [0.1, 0.15) is 0 Å². The van der Waals surface area contributed by atoms with Gasteiger partial charge in [-0.3, -0.25) is 13.9 Å². The van der Waals surface area contributed by atoms with Crippen molar-refractivity contribution in [3.8, 4) is 28.7 Å². The van der Waals surface area contributed by atoms with E-state index in [9.17, 15) is 0 Å². The second kappa shape index (κ2) is 13.7. The highest BCUT2D eigenvalue weighted by molar-refractivity contribution is 7.31. The van der Waals surface area contributed by atoms with Crippen molar-refractivity contribution in [1.82, 2.24) is 14.0 Å². The largest absolute Gasteiger partial charge is 0.458 e. The van der Waals surface area contributed by atoms with Crippen molar-refractivity contribution < 1.29 is 9.47 Å². The minimum Gasteiger partial charge on any atom is -0.458 e. The zero-order valence-corrected chi connectivity index (χ0v) is 40.1. The number of fused-ring (bicyclic) bond motifs is 22. The van der Waals surface area contributed by atoms with E-state index in [4.69, 9.17) is 19.5 Å². The Hall–Kier alpha value is -9.05. The van der Waals surface area contributed by atoms with Gasteiger partial charge in [0.15, 0.2) is 8.07 Å². The average Bonchev–Trinajstić information content (AvgIpc) is 4.19. The molecule has 0 bridgehead atoms. The van der Waals surface area contributed by atoms with Gasteiger partial charge in [-0.2, -0.15) is 0 Å². The highest BCUT2D eigenvalue weighted by Crippen LogP contribution is 2.47. The molecule has 7 aliphatic rings. The first-order valence-electron chi connectivity index (χ1n) is 25.3. The highest BCUT2D eigenvalue weighted by atomic mass is 28.3. The average molecular weight is 949 g/mol. The van der Waals surface area contributed by atoms with Crippen molar-refractivity contribution in [3.05, 3.63) is 218 Å². The van der Waals surface area contributed by atoms with E-state index in [0.717, 1.165) is 73.9 Å². The Morgan fingerprint density at radius 1 is 0.466 bits per heavy atom. The lowest BCUT2D eigenvalue weighted by Gasteiger charge is -2.49. The smallest absolute Gasteiger partial charge is 0.250 e. The van der Waals surface area contributed by atoms with Crippen molar-refractivity contribution in [2.75, 3.05) is 9.80 Å². The molecule has 73 heavy (non-hydrogen) atoms. The molecule has 3 unspecified atom stereocenters. The fourth-order valence-corrected chi connectivity index (χ4v) is 20.1. The predicted octanol–water partition coefficient (Wildman–Crippen LogP) is 5.87. The van der Waals surface area contributed by atoms with Crippen LogP contribution >= 0.6 is 0 Å². The lowest BCUT2D eigenvalue weighted by molar-refractivity contribution is 0.487. The van der Waals surface area contributed by atoms with Gasteiger partial charge in [-0.15, -0.1) is 0 Å². The minimum atomic E-state index is -3.06. The van der Waals surface area contributed by atoms with E-state index in [1.54, 1.807) is 0 Å². The number of guanidine groups is 1. The third-order valence-corrected chi connectivity index (χ3v) is 22.0. The molecule has 0 radical (unpaired) electrons. The summed E-state index contributed by atoms with van der Waals surface area (Å²) in [6.45, 7) is -0.0490. The molecule has 18 rings (SSSR count). The lowest BCUT2D eigenvalue weighted by atomic mass is 9.35. The summed E-state index contributed by atoms with van der Waals surface area (Å²) in [5, 5.41) is 5.60. The SMILES string of the molecule is C1=CC2N=C3N(c4ccc5c(c4)Oc4cccc6c4B5c4ccccc4[Si]64c5ccccc5B5c6ccc(-n7c8ccccc8n8c9ccccc9nc78)cc6Oc6cccc4c65)c4ccccc4N3C2C=C1. The summed E-state index contributed by atoms with van der Waals surface area (Å²) in [5.74, 6) is 5.42. The molecule has 0 amide bonds. The number of ether oxygens (including phenoxy) is 2. The molecule has 11 heteroatoms. The number of aliphatic imine (C=N–C) groups is 1. The van der Waals surface area contributed by atoms with Crippen molar-refractivity contribution >= 4 is 126 Å². The lowest BCUT2D eigenvalue weighted by Crippen LogP contribution is -2.93. The molecule has 11 aromatic rings. The van der Waals surface area contributed by atoms with Crippen LogP contribution < -0.4 is 72.8 Å². The van der Waals surface area contributed by atoms with Gasteiger partial charge in [0.25, 0.3) is 13.4 Å². The number of benzene rings is 9.